The van der Waals surface area contributed by atoms with Crippen molar-refractivity contribution in [2.45, 2.75) is 6.10 Å². The summed E-state index contributed by atoms with van der Waals surface area (Å²) in [6.07, 6.45) is -0.833. The molecule has 1 atom stereocenters. The highest BCUT2D eigenvalue weighted by Crippen LogP contribution is 2.11. The fourth-order valence-corrected chi connectivity index (χ4v) is 2.21. The first kappa shape index (κ1) is 15.2. The van der Waals surface area contributed by atoms with Crippen LogP contribution in [0.5, 0.6) is 0 Å². The number of urea groups is 1. The van der Waals surface area contributed by atoms with Crippen LogP contribution in [0.4, 0.5) is 4.79 Å². The average Bonchev–Trinajstić information content (AvgIpc) is 2.73. The van der Waals surface area contributed by atoms with E-state index in [2.05, 4.69) is 4.74 Å². The Bertz CT molecular complexity index is 480. The van der Waals surface area contributed by atoms with Crippen molar-refractivity contribution in [3.8, 4) is 0 Å². The van der Waals surface area contributed by atoms with Gasteiger partial charge in [0, 0.05) is 13.6 Å². The van der Waals surface area contributed by atoms with Crippen LogP contribution in [0, 0.1) is 0 Å². The number of carbonyl (C=O) groups excluding carboxylic acids is 4. The van der Waals surface area contributed by atoms with Gasteiger partial charge in [0.05, 0.1) is 20.3 Å². The number of nitrogens with zero attached hydrogens (tertiary/aromatic N) is 3. The normalized spacial score (nSPS) is 22.8. The molecular weight excluding hydrogens is 282 g/mol. The van der Waals surface area contributed by atoms with Crippen molar-refractivity contribution in [1.29, 1.82) is 0 Å². The van der Waals surface area contributed by atoms with Crippen molar-refractivity contribution >= 4 is 23.8 Å². The molecule has 2 aliphatic rings. The number of hydrogen-bond acceptors (Lipinski definition) is 6. The maximum Gasteiger partial charge on any atom is 0.336 e. The second kappa shape index (κ2) is 6.08. The van der Waals surface area contributed by atoms with E-state index in [4.69, 9.17) is 4.74 Å². The van der Waals surface area contributed by atoms with E-state index in [9.17, 15) is 19.2 Å². The average molecular weight is 299 g/mol. The Morgan fingerprint density at radius 2 is 2.10 bits per heavy atom. The molecule has 0 aromatic rings. The summed E-state index contributed by atoms with van der Waals surface area (Å²) in [6.45, 7) is 0.208. The molecular formula is C12H17N3O6. The Labute approximate surface area is 121 Å². The molecule has 9 nitrogen and oxygen atoms in total. The zero-order valence-corrected chi connectivity index (χ0v) is 11.9. The number of esters is 1. The van der Waals surface area contributed by atoms with Gasteiger partial charge in [0.25, 0.3) is 5.91 Å². The highest BCUT2D eigenvalue weighted by Gasteiger charge is 2.37. The minimum Gasteiger partial charge on any atom is -0.467 e. The van der Waals surface area contributed by atoms with Gasteiger partial charge in [-0.05, 0) is 0 Å². The van der Waals surface area contributed by atoms with Crippen LogP contribution >= 0.6 is 0 Å². The second-order valence-corrected chi connectivity index (χ2v) is 4.84. The van der Waals surface area contributed by atoms with Gasteiger partial charge in [-0.1, -0.05) is 0 Å². The second-order valence-electron chi connectivity index (χ2n) is 4.84. The number of hydrogen-bond donors (Lipinski definition) is 0. The molecule has 0 saturated carbocycles. The minimum absolute atomic E-state index is 0.0278. The molecule has 4 amide bonds. The molecule has 2 rings (SSSR count). The molecule has 0 aromatic carbocycles. The lowest BCUT2D eigenvalue weighted by molar-refractivity contribution is -0.163. The topological polar surface area (TPSA) is 96.5 Å². The quantitative estimate of drug-likeness (QED) is 0.454. The van der Waals surface area contributed by atoms with Gasteiger partial charge in [-0.25, -0.2) is 9.59 Å². The van der Waals surface area contributed by atoms with Gasteiger partial charge >= 0.3 is 12.0 Å². The largest absolute Gasteiger partial charge is 0.467 e. The molecule has 21 heavy (non-hydrogen) atoms. The first-order chi connectivity index (χ1) is 9.93. The van der Waals surface area contributed by atoms with Crippen molar-refractivity contribution in [2.24, 2.45) is 0 Å². The summed E-state index contributed by atoms with van der Waals surface area (Å²) in [7, 11) is 2.73. The van der Waals surface area contributed by atoms with E-state index in [0.29, 0.717) is 6.54 Å². The van der Waals surface area contributed by atoms with E-state index in [-0.39, 0.29) is 26.2 Å². The smallest absolute Gasteiger partial charge is 0.336 e. The van der Waals surface area contributed by atoms with Gasteiger partial charge in [-0.2, -0.15) is 0 Å². The Hall–Kier alpha value is -2.16. The summed E-state index contributed by atoms with van der Waals surface area (Å²) < 4.78 is 9.79. The third-order valence-electron chi connectivity index (χ3n) is 3.41. The van der Waals surface area contributed by atoms with Crippen molar-refractivity contribution in [1.82, 2.24) is 14.7 Å². The van der Waals surface area contributed by atoms with Crippen LogP contribution in [-0.2, 0) is 23.9 Å². The van der Waals surface area contributed by atoms with E-state index in [1.807, 2.05) is 0 Å². The predicted molar refractivity (Wildman–Crippen MR) is 68.1 cm³/mol. The number of morpholine rings is 1. The van der Waals surface area contributed by atoms with Gasteiger partial charge in [0.2, 0.25) is 5.91 Å². The van der Waals surface area contributed by atoms with Crippen LogP contribution < -0.4 is 0 Å². The summed E-state index contributed by atoms with van der Waals surface area (Å²) in [5.74, 6) is -1.36. The Kier molecular flexibility index (Phi) is 4.41. The molecule has 0 aromatic heterocycles. The summed E-state index contributed by atoms with van der Waals surface area (Å²) in [4.78, 5) is 50.5. The molecule has 0 spiro atoms. The molecule has 0 N–H and O–H groups in total. The number of ether oxygens (including phenoxy) is 2. The summed E-state index contributed by atoms with van der Waals surface area (Å²) in [5, 5.41) is 0. The fourth-order valence-electron chi connectivity index (χ4n) is 2.21. The maximum atomic E-state index is 12.2. The van der Waals surface area contributed by atoms with Gasteiger partial charge in [-0.3, -0.25) is 14.5 Å². The minimum atomic E-state index is -0.833. The third kappa shape index (κ3) is 3.13. The molecule has 2 aliphatic heterocycles. The summed E-state index contributed by atoms with van der Waals surface area (Å²) in [6, 6.07) is -0.494. The Morgan fingerprint density at radius 1 is 1.38 bits per heavy atom. The van der Waals surface area contributed by atoms with Crippen molar-refractivity contribution < 1.29 is 28.7 Å². The zero-order chi connectivity index (χ0) is 15.6. The lowest BCUT2D eigenvalue weighted by Crippen LogP contribution is -2.52. The molecule has 1 unspecified atom stereocenters. The van der Waals surface area contributed by atoms with Crippen LogP contribution in [0.1, 0.15) is 0 Å². The van der Waals surface area contributed by atoms with Gasteiger partial charge in [-0.15, -0.1) is 0 Å². The molecule has 116 valence electrons. The number of rotatable bonds is 3. The highest BCUT2D eigenvalue weighted by molar-refractivity contribution is 6.04. The van der Waals surface area contributed by atoms with Crippen LogP contribution in [0.15, 0.2) is 0 Å². The van der Waals surface area contributed by atoms with Crippen LogP contribution in [-0.4, -0.2) is 91.6 Å². The van der Waals surface area contributed by atoms with E-state index in [1.165, 1.54) is 24.0 Å². The molecule has 0 aliphatic carbocycles. The number of likely N-dealkylation sites (N-methyl/N-ethyl adjacent to an activating group) is 1. The van der Waals surface area contributed by atoms with Crippen molar-refractivity contribution in [3.63, 3.8) is 0 Å². The van der Waals surface area contributed by atoms with Crippen LogP contribution in [0.25, 0.3) is 0 Å². The third-order valence-corrected chi connectivity index (χ3v) is 3.41. The monoisotopic (exact) mass is 299 g/mol. The Balaban J connectivity index is 1.95. The van der Waals surface area contributed by atoms with E-state index >= 15 is 0 Å². The molecule has 9 heteroatoms. The van der Waals surface area contributed by atoms with Gasteiger partial charge in [0.1, 0.15) is 13.1 Å². The summed E-state index contributed by atoms with van der Waals surface area (Å²) >= 11 is 0. The molecule has 2 fully saturated rings. The predicted octanol–water partition coefficient (Wildman–Crippen LogP) is -1.72. The van der Waals surface area contributed by atoms with Crippen molar-refractivity contribution in [2.75, 3.05) is 46.9 Å². The van der Waals surface area contributed by atoms with Gasteiger partial charge < -0.3 is 19.3 Å². The molecule has 0 radical (unpaired) electrons. The fraction of sp³-hybridized carbons (Fsp3) is 0.667. The lowest BCUT2D eigenvalue weighted by Gasteiger charge is -2.32. The first-order valence-corrected chi connectivity index (χ1v) is 6.46. The van der Waals surface area contributed by atoms with Crippen LogP contribution in [0.2, 0.25) is 0 Å². The van der Waals surface area contributed by atoms with Crippen LogP contribution in [0.3, 0.4) is 0 Å². The summed E-state index contributed by atoms with van der Waals surface area (Å²) in [5.41, 5.74) is 0. The Morgan fingerprint density at radius 3 is 2.67 bits per heavy atom. The molecule has 2 heterocycles. The number of amides is 4. The van der Waals surface area contributed by atoms with E-state index in [0.717, 1.165) is 4.90 Å². The standard InChI is InChI=1S/C12H17N3O6/c1-13-6-10(17)15(12(13)19)7-9(16)14-3-4-21-8(5-14)11(18)20-2/h8H,3-7H2,1-2H3. The molecule has 0 bridgehead atoms. The number of methoxy groups -OCH3 is 1. The SMILES string of the molecule is COC(=O)C1CN(C(=O)CN2C(=O)CN(C)C2=O)CCO1. The van der Waals surface area contributed by atoms with Crippen molar-refractivity contribution in [3.05, 3.63) is 0 Å². The van der Waals surface area contributed by atoms with E-state index in [1.54, 1.807) is 0 Å². The lowest BCUT2D eigenvalue weighted by atomic mass is 10.2. The number of carbonyl (C=O) groups is 4. The molecule has 2 saturated heterocycles. The van der Waals surface area contributed by atoms with E-state index < -0.39 is 29.9 Å². The number of imide groups is 1. The maximum absolute atomic E-state index is 12.2. The zero-order valence-electron chi connectivity index (χ0n) is 11.9. The highest BCUT2D eigenvalue weighted by atomic mass is 16.6. The first-order valence-electron chi connectivity index (χ1n) is 6.46. The van der Waals surface area contributed by atoms with Gasteiger partial charge in [0.15, 0.2) is 6.10 Å².